The summed E-state index contributed by atoms with van der Waals surface area (Å²) in [4.78, 5) is 17.3. The lowest BCUT2D eigenvalue weighted by Gasteiger charge is -2.40. The molecule has 8 nitrogen and oxygen atoms in total. The summed E-state index contributed by atoms with van der Waals surface area (Å²) in [5.41, 5.74) is 2.26. The van der Waals surface area contributed by atoms with Gasteiger partial charge in [-0.2, -0.15) is 0 Å². The second-order valence-corrected chi connectivity index (χ2v) is 8.04. The van der Waals surface area contributed by atoms with Crippen molar-refractivity contribution in [3.8, 4) is 17.2 Å². The number of fused-ring (bicyclic) bond motifs is 1. The molecule has 2 aliphatic heterocycles. The number of nitrogens with one attached hydrogen (secondary N) is 1. The van der Waals surface area contributed by atoms with Crippen molar-refractivity contribution in [1.29, 1.82) is 0 Å². The van der Waals surface area contributed by atoms with Crippen LogP contribution in [0.5, 0.6) is 17.2 Å². The number of carbonyl (C=O) groups excluding carboxylic acids is 1. The molecule has 0 spiro atoms. The highest BCUT2D eigenvalue weighted by Gasteiger charge is 2.27. The van der Waals surface area contributed by atoms with Crippen LogP contribution in [0.15, 0.2) is 65.3 Å². The van der Waals surface area contributed by atoms with E-state index >= 15 is 0 Å². The summed E-state index contributed by atoms with van der Waals surface area (Å²) in [5.74, 6) is 2.44. The highest BCUT2D eigenvalue weighted by molar-refractivity contribution is 5.91. The summed E-state index contributed by atoms with van der Waals surface area (Å²) in [6.07, 6.45) is 1.50. The van der Waals surface area contributed by atoms with Crippen molar-refractivity contribution in [1.82, 2.24) is 10.2 Å². The lowest BCUT2D eigenvalue weighted by molar-refractivity contribution is 0.0902. The number of nitrogens with zero attached hydrogens (tertiary/aromatic N) is 2. The molecule has 1 fully saturated rings. The third-order valence-electron chi connectivity index (χ3n) is 6.17. The number of piperazine rings is 1. The number of benzene rings is 2. The molecule has 1 aromatic heterocycles. The fourth-order valence-electron chi connectivity index (χ4n) is 4.35. The van der Waals surface area contributed by atoms with Gasteiger partial charge in [0, 0.05) is 38.4 Å². The van der Waals surface area contributed by atoms with E-state index in [-0.39, 0.29) is 18.7 Å². The van der Waals surface area contributed by atoms with Gasteiger partial charge in [-0.3, -0.25) is 9.69 Å². The average molecular weight is 450 g/mol. The molecule has 0 bridgehead atoms. The number of ether oxygens (including phenoxy) is 3. The van der Waals surface area contributed by atoms with Gasteiger partial charge in [0.05, 0.1) is 19.4 Å². The van der Waals surface area contributed by atoms with Crippen LogP contribution in [0, 0.1) is 0 Å². The molecular weight excluding hydrogens is 422 g/mol. The van der Waals surface area contributed by atoms with Crippen LogP contribution in [-0.4, -0.2) is 57.4 Å². The minimum atomic E-state index is -0.220. The SMILES string of the molecule is COc1ccc(N2CCN([C@@H](CNC(=O)c3ccco3)c3ccc4c(c3)OCO4)CC2)cc1. The van der Waals surface area contributed by atoms with Crippen LogP contribution < -0.4 is 24.4 Å². The van der Waals surface area contributed by atoms with E-state index in [1.165, 1.54) is 12.0 Å². The third-order valence-corrected chi connectivity index (χ3v) is 6.17. The monoisotopic (exact) mass is 449 g/mol. The largest absolute Gasteiger partial charge is 0.497 e. The zero-order valence-corrected chi connectivity index (χ0v) is 18.5. The van der Waals surface area contributed by atoms with Crippen molar-refractivity contribution in [2.24, 2.45) is 0 Å². The van der Waals surface area contributed by atoms with Crippen LogP contribution in [0.2, 0.25) is 0 Å². The minimum absolute atomic E-state index is 0.00331. The molecule has 33 heavy (non-hydrogen) atoms. The number of rotatable bonds is 7. The first kappa shape index (κ1) is 21.2. The van der Waals surface area contributed by atoms with Crippen LogP contribution in [-0.2, 0) is 0 Å². The Morgan fingerprint density at radius 2 is 1.82 bits per heavy atom. The van der Waals surface area contributed by atoms with E-state index < -0.39 is 0 Å². The standard InChI is InChI=1S/C25H27N3O5/c1-30-20-7-5-19(6-8-20)27-10-12-28(13-11-27)21(16-26-25(29)23-3-2-14-31-23)18-4-9-22-24(15-18)33-17-32-22/h2-9,14-15,21H,10-13,16-17H2,1H3,(H,26,29)/t21-/m0/s1. The number of amides is 1. The maximum atomic E-state index is 12.5. The van der Waals surface area contributed by atoms with Crippen molar-refractivity contribution >= 4 is 11.6 Å². The summed E-state index contributed by atoms with van der Waals surface area (Å²) < 4.78 is 21.6. The Morgan fingerprint density at radius 1 is 1.03 bits per heavy atom. The molecule has 0 saturated carbocycles. The Hall–Kier alpha value is -3.65. The number of methoxy groups -OCH3 is 1. The van der Waals surface area contributed by atoms with Gasteiger partial charge < -0.3 is 28.8 Å². The number of carbonyl (C=O) groups is 1. The van der Waals surface area contributed by atoms with Gasteiger partial charge in [-0.25, -0.2) is 0 Å². The van der Waals surface area contributed by atoms with E-state index in [1.54, 1.807) is 19.2 Å². The number of hydrogen-bond donors (Lipinski definition) is 1. The molecule has 1 atom stereocenters. The van der Waals surface area contributed by atoms with Crippen LogP contribution in [0.1, 0.15) is 22.2 Å². The van der Waals surface area contributed by atoms with E-state index in [0.717, 1.165) is 49.0 Å². The van der Waals surface area contributed by atoms with E-state index in [2.05, 4.69) is 27.2 Å². The van der Waals surface area contributed by atoms with Gasteiger partial charge in [0.15, 0.2) is 17.3 Å². The van der Waals surface area contributed by atoms with Crippen LogP contribution in [0.4, 0.5) is 5.69 Å². The molecule has 1 N–H and O–H groups in total. The molecule has 0 unspecified atom stereocenters. The second kappa shape index (κ2) is 9.46. The summed E-state index contributed by atoms with van der Waals surface area (Å²) in [7, 11) is 1.68. The molecule has 8 heteroatoms. The summed E-state index contributed by atoms with van der Waals surface area (Å²) in [6, 6.07) is 17.5. The third kappa shape index (κ3) is 4.61. The molecule has 5 rings (SSSR count). The summed E-state index contributed by atoms with van der Waals surface area (Å²) in [6.45, 7) is 4.20. The Balaban J connectivity index is 1.30. The Morgan fingerprint density at radius 3 is 2.55 bits per heavy atom. The van der Waals surface area contributed by atoms with Gasteiger partial charge in [0.1, 0.15) is 5.75 Å². The molecule has 3 aromatic rings. The lowest BCUT2D eigenvalue weighted by Crippen LogP contribution is -2.49. The van der Waals surface area contributed by atoms with E-state index in [0.29, 0.717) is 12.3 Å². The van der Waals surface area contributed by atoms with Crippen LogP contribution >= 0.6 is 0 Å². The van der Waals surface area contributed by atoms with Crippen molar-refractivity contribution in [3.05, 3.63) is 72.2 Å². The molecule has 172 valence electrons. The van der Waals surface area contributed by atoms with E-state index in [1.807, 2.05) is 30.3 Å². The van der Waals surface area contributed by atoms with Crippen molar-refractivity contribution in [2.45, 2.75) is 6.04 Å². The molecule has 1 saturated heterocycles. The van der Waals surface area contributed by atoms with Crippen molar-refractivity contribution < 1.29 is 23.4 Å². The lowest BCUT2D eigenvalue weighted by atomic mass is 10.0. The van der Waals surface area contributed by atoms with Gasteiger partial charge in [0.25, 0.3) is 5.91 Å². The first-order valence-corrected chi connectivity index (χ1v) is 11.1. The zero-order valence-electron chi connectivity index (χ0n) is 18.5. The number of furan rings is 1. The minimum Gasteiger partial charge on any atom is -0.497 e. The highest BCUT2D eigenvalue weighted by atomic mass is 16.7. The maximum absolute atomic E-state index is 12.5. The normalized spacial score (nSPS) is 16.5. The van der Waals surface area contributed by atoms with Crippen LogP contribution in [0.3, 0.4) is 0 Å². The second-order valence-electron chi connectivity index (χ2n) is 8.04. The fourth-order valence-corrected chi connectivity index (χ4v) is 4.35. The smallest absolute Gasteiger partial charge is 0.287 e. The van der Waals surface area contributed by atoms with Gasteiger partial charge in [-0.15, -0.1) is 0 Å². The molecule has 3 heterocycles. The number of anilines is 1. The maximum Gasteiger partial charge on any atom is 0.287 e. The molecule has 0 aliphatic carbocycles. The quantitative estimate of drug-likeness (QED) is 0.593. The summed E-state index contributed by atoms with van der Waals surface area (Å²) >= 11 is 0. The number of hydrogen-bond acceptors (Lipinski definition) is 7. The van der Waals surface area contributed by atoms with Crippen molar-refractivity contribution in [2.75, 3.05) is 51.5 Å². The first-order valence-electron chi connectivity index (χ1n) is 11.1. The van der Waals surface area contributed by atoms with Gasteiger partial charge in [0.2, 0.25) is 6.79 Å². The average Bonchev–Trinajstić information content (AvgIpc) is 3.57. The molecule has 2 aliphatic rings. The van der Waals surface area contributed by atoms with Crippen LogP contribution in [0.25, 0.3) is 0 Å². The van der Waals surface area contributed by atoms with E-state index in [4.69, 9.17) is 18.6 Å². The zero-order chi connectivity index (χ0) is 22.6. The molecule has 2 aromatic carbocycles. The summed E-state index contributed by atoms with van der Waals surface area (Å²) in [5, 5.41) is 3.03. The first-order chi connectivity index (χ1) is 16.2. The molecular formula is C25H27N3O5. The van der Waals surface area contributed by atoms with Gasteiger partial charge in [-0.1, -0.05) is 6.07 Å². The Kier molecular flexibility index (Phi) is 6.08. The van der Waals surface area contributed by atoms with Crippen molar-refractivity contribution in [3.63, 3.8) is 0 Å². The topological polar surface area (TPSA) is 76.4 Å². The van der Waals surface area contributed by atoms with Gasteiger partial charge >= 0.3 is 0 Å². The Bertz CT molecular complexity index is 1080. The highest BCUT2D eigenvalue weighted by Crippen LogP contribution is 2.36. The molecule has 1 amide bonds. The van der Waals surface area contributed by atoms with Gasteiger partial charge in [-0.05, 0) is 54.1 Å². The Labute approximate surface area is 192 Å². The predicted octanol–water partition coefficient (Wildman–Crippen LogP) is 3.31. The predicted molar refractivity (Wildman–Crippen MR) is 123 cm³/mol. The van der Waals surface area contributed by atoms with E-state index in [9.17, 15) is 4.79 Å². The molecule has 0 radical (unpaired) electrons. The fraction of sp³-hybridized carbons (Fsp3) is 0.320.